The fourth-order valence-corrected chi connectivity index (χ4v) is 9.90. The largest absolute Gasteiger partial charge is 0.472 e. The minimum absolute atomic E-state index is 0.0230. The lowest BCUT2D eigenvalue weighted by molar-refractivity contribution is -0.142. The first-order valence-electron chi connectivity index (χ1n) is 19.7. The van der Waals surface area contributed by atoms with E-state index in [9.17, 15) is 27.6 Å². The minimum atomic E-state index is -3.90. The number of benzene rings is 1. The van der Waals surface area contributed by atoms with Gasteiger partial charge in [0.2, 0.25) is 27.7 Å². The molecule has 0 unspecified atom stereocenters. The Morgan fingerprint density at radius 2 is 1.91 bits per heavy atom. The Bertz CT molecular complexity index is 2050. The first-order chi connectivity index (χ1) is 27.0. The van der Waals surface area contributed by atoms with E-state index in [1.54, 1.807) is 4.90 Å². The van der Waals surface area contributed by atoms with Crippen molar-refractivity contribution < 1.29 is 41.8 Å². The molecule has 0 spiro atoms. The van der Waals surface area contributed by atoms with Gasteiger partial charge in [0.25, 0.3) is 5.91 Å². The molecule has 2 saturated heterocycles. The third kappa shape index (κ3) is 7.66. The SMILES string of the molecule is C=C[C@@H]1C[C@]1(NC(=O)[C@@H]1C[C@@H]2CN1C(=O)[C@H](C1CCCC1)NC(=O)N1CC[C@@H](C1)OC/C=C/c1ccc3nc(OCC)nc(c3c1)O2)C(=O)NS(=O)(=O)C1CC1. The lowest BCUT2D eigenvalue weighted by Crippen LogP contribution is -2.59. The van der Waals surface area contributed by atoms with Crippen LogP contribution in [0.15, 0.2) is 36.9 Å². The van der Waals surface area contributed by atoms with Crippen LogP contribution < -0.4 is 24.8 Å². The van der Waals surface area contributed by atoms with Crippen LogP contribution in [0.5, 0.6) is 11.9 Å². The number of amides is 5. The summed E-state index contributed by atoms with van der Waals surface area (Å²) >= 11 is 0. The van der Waals surface area contributed by atoms with E-state index in [-0.39, 0.29) is 49.3 Å². The Balaban J connectivity index is 1.15. The summed E-state index contributed by atoms with van der Waals surface area (Å²) < 4.78 is 46.1. The van der Waals surface area contributed by atoms with Gasteiger partial charge in [0.1, 0.15) is 23.7 Å². The molecule has 3 aliphatic heterocycles. The molecule has 16 nitrogen and oxygen atoms in total. The maximum atomic E-state index is 14.9. The number of urea groups is 1. The van der Waals surface area contributed by atoms with Crippen molar-refractivity contribution in [1.29, 1.82) is 0 Å². The predicted molar refractivity (Wildman–Crippen MR) is 204 cm³/mol. The second-order valence-electron chi connectivity index (χ2n) is 15.7. The number of nitrogens with one attached hydrogen (secondary N) is 3. The molecule has 3 saturated carbocycles. The smallest absolute Gasteiger partial charge is 0.320 e. The molecule has 4 heterocycles. The minimum Gasteiger partial charge on any atom is -0.472 e. The summed E-state index contributed by atoms with van der Waals surface area (Å²) in [6.45, 7) is 7.11. The zero-order chi connectivity index (χ0) is 39.2. The number of rotatable bonds is 9. The van der Waals surface area contributed by atoms with Gasteiger partial charge in [-0.3, -0.25) is 19.1 Å². The summed E-state index contributed by atoms with van der Waals surface area (Å²) in [6, 6.07) is 3.34. The summed E-state index contributed by atoms with van der Waals surface area (Å²) in [4.78, 5) is 69.0. The van der Waals surface area contributed by atoms with Crippen LogP contribution in [-0.4, -0.2) is 120 Å². The molecule has 3 aliphatic carbocycles. The van der Waals surface area contributed by atoms with Crippen LogP contribution in [0.4, 0.5) is 4.79 Å². The second-order valence-corrected chi connectivity index (χ2v) is 17.7. The maximum Gasteiger partial charge on any atom is 0.320 e. The van der Waals surface area contributed by atoms with E-state index in [1.807, 2.05) is 37.3 Å². The topological polar surface area (TPSA) is 198 Å². The molecule has 2 aromatic rings. The number of nitrogens with zero attached hydrogens (tertiary/aromatic N) is 4. The number of hydrogen-bond donors (Lipinski definition) is 3. The third-order valence-corrected chi connectivity index (χ3v) is 13.7. The van der Waals surface area contributed by atoms with Crippen molar-refractivity contribution in [2.75, 3.05) is 32.8 Å². The summed E-state index contributed by atoms with van der Waals surface area (Å²) in [7, 11) is -3.90. The van der Waals surface area contributed by atoms with Crippen molar-refractivity contribution in [3.63, 3.8) is 0 Å². The summed E-state index contributed by atoms with van der Waals surface area (Å²) in [5, 5.41) is 5.85. The van der Waals surface area contributed by atoms with Crippen LogP contribution in [0.3, 0.4) is 0 Å². The van der Waals surface area contributed by atoms with E-state index in [1.165, 1.54) is 11.0 Å². The third-order valence-electron chi connectivity index (χ3n) is 11.9. The normalized spacial score (nSPS) is 30.2. The molecule has 6 bridgehead atoms. The highest BCUT2D eigenvalue weighted by Crippen LogP contribution is 2.46. The van der Waals surface area contributed by atoms with Crippen LogP contribution in [0, 0.1) is 11.8 Å². The Labute approximate surface area is 325 Å². The zero-order valence-electron chi connectivity index (χ0n) is 31.5. The highest BCUT2D eigenvalue weighted by molar-refractivity contribution is 7.91. The molecule has 17 heteroatoms. The van der Waals surface area contributed by atoms with Crippen LogP contribution in [0.1, 0.15) is 70.3 Å². The van der Waals surface area contributed by atoms with Gasteiger partial charge in [0.15, 0.2) is 0 Å². The van der Waals surface area contributed by atoms with E-state index in [0.717, 1.165) is 31.2 Å². The lowest BCUT2D eigenvalue weighted by Gasteiger charge is -2.33. The molecule has 6 aliphatic rings. The van der Waals surface area contributed by atoms with Gasteiger partial charge >= 0.3 is 12.0 Å². The molecule has 5 fully saturated rings. The summed E-state index contributed by atoms with van der Waals surface area (Å²) in [5.41, 5.74) is -0.129. The number of aromatic nitrogens is 2. The molecule has 300 valence electrons. The van der Waals surface area contributed by atoms with E-state index >= 15 is 0 Å². The van der Waals surface area contributed by atoms with Crippen molar-refractivity contribution in [1.82, 2.24) is 35.1 Å². The van der Waals surface area contributed by atoms with E-state index in [0.29, 0.717) is 56.5 Å². The Kier molecular flexibility index (Phi) is 10.4. The molecule has 0 radical (unpaired) electrons. The second kappa shape index (κ2) is 15.3. The standard InChI is InChI=1S/C39H49N7O9S/c1-3-25-20-39(25,36(49)44-56(51,52)28-12-13-28)43-33(47)31-19-27-22-46(31)35(48)32(24-9-5-6-10-24)41-38(50)45-16-15-26(21-45)54-17-7-8-23-11-14-30-29(18-23)34(55-27)42-37(40-30)53-4-2/h3,7-8,11,14,18,24-28,31-32H,1,4-6,9-10,12-13,15-17,19-22H2,2H3,(H,41,50)(H,43,47)(H,44,49)/b8-7+/t25-,26+,27-,31+,32+,39-/m1/s1. The van der Waals surface area contributed by atoms with Crippen LogP contribution in [-0.2, 0) is 29.1 Å². The Hall–Kier alpha value is -4.77. The number of hydrogen-bond acceptors (Lipinski definition) is 11. The van der Waals surface area contributed by atoms with Gasteiger partial charge in [-0.25, -0.2) is 13.2 Å². The average Bonchev–Trinajstić information content (AvgIpc) is 3.95. The predicted octanol–water partition coefficient (Wildman–Crippen LogP) is 2.43. The first kappa shape index (κ1) is 38.1. The highest BCUT2D eigenvalue weighted by atomic mass is 32.2. The monoisotopic (exact) mass is 791 g/mol. The molecule has 6 atom stereocenters. The van der Waals surface area contributed by atoms with Gasteiger partial charge in [0.05, 0.1) is 42.0 Å². The van der Waals surface area contributed by atoms with E-state index < -0.39 is 62.6 Å². The van der Waals surface area contributed by atoms with Crippen molar-refractivity contribution in [3.8, 4) is 11.9 Å². The van der Waals surface area contributed by atoms with Crippen molar-refractivity contribution in [2.45, 2.75) is 99.8 Å². The van der Waals surface area contributed by atoms with Gasteiger partial charge in [-0.15, -0.1) is 6.58 Å². The molecule has 8 rings (SSSR count). The number of ether oxygens (including phenoxy) is 3. The number of carbonyl (C=O) groups is 4. The van der Waals surface area contributed by atoms with Crippen LogP contribution in [0.25, 0.3) is 17.0 Å². The van der Waals surface area contributed by atoms with Gasteiger partial charge in [-0.1, -0.05) is 37.1 Å². The fourth-order valence-electron chi connectivity index (χ4n) is 8.54. The fraction of sp³-hybridized carbons (Fsp3) is 0.590. The van der Waals surface area contributed by atoms with Gasteiger partial charge in [0, 0.05) is 25.4 Å². The van der Waals surface area contributed by atoms with Crippen molar-refractivity contribution >= 4 is 50.8 Å². The van der Waals surface area contributed by atoms with Crippen LogP contribution >= 0.6 is 0 Å². The number of fused-ring (bicyclic) bond motifs is 5. The average molecular weight is 792 g/mol. The lowest BCUT2D eigenvalue weighted by atomic mass is 9.96. The van der Waals surface area contributed by atoms with E-state index in [2.05, 4.69) is 31.9 Å². The molecular weight excluding hydrogens is 743 g/mol. The Morgan fingerprint density at radius 3 is 2.64 bits per heavy atom. The number of carbonyl (C=O) groups excluding carboxylic acids is 4. The molecular formula is C39H49N7O9S. The summed E-state index contributed by atoms with van der Waals surface area (Å²) in [5.74, 6) is -2.36. The number of sulfonamides is 1. The van der Waals surface area contributed by atoms with Gasteiger partial charge < -0.3 is 34.6 Å². The van der Waals surface area contributed by atoms with Crippen molar-refractivity contribution in [3.05, 3.63) is 42.5 Å². The van der Waals surface area contributed by atoms with Gasteiger partial charge in [-0.05, 0) is 69.1 Å². The maximum absolute atomic E-state index is 14.9. The first-order valence-corrected chi connectivity index (χ1v) is 21.3. The quantitative estimate of drug-likeness (QED) is 0.316. The molecule has 3 N–H and O–H groups in total. The van der Waals surface area contributed by atoms with E-state index in [4.69, 9.17) is 14.2 Å². The van der Waals surface area contributed by atoms with Crippen LogP contribution in [0.2, 0.25) is 0 Å². The highest BCUT2D eigenvalue weighted by Gasteiger charge is 2.62. The molecule has 1 aromatic carbocycles. The Morgan fingerprint density at radius 1 is 1.11 bits per heavy atom. The summed E-state index contributed by atoms with van der Waals surface area (Å²) in [6.07, 6.45) is 9.46. The van der Waals surface area contributed by atoms with Crippen molar-refractivity contribution in [2.24, 2.45) is 11.8 Å². The zero-order valence-corrected chi connectivity index (χ0v) is 32.3. The molecule has 1 aromatic heterocycles. The molecule has 56 heavy (non-hydrogen) atoms. The molecule has 5 amide bonds. The van der Waals surface area contributed by atoms with Gasteiger partial charge in [-0.2, -0.15) is 9.97 Å².